The highest BCUT2D eigenvalue weighted by Crippen LogP contribution is 2.37. The van der Waals surface area contributed by atoms with Crippen molar-refractivity contribution in [2.24, 2.45) is 0 Å². The highest BCUT2D eigenvalue weighted by molar-refractivity contribution is 6.62. The second-order valence-electron chi connectivity index (χ2n) is 8.58. The number of aromatic nitrogens is 2. The van der Waals surface area contributed by atoms with Crippen molar-refractivity contribution in [3.8, 4) is 5.88 Å². The van der Waals surface area contributed by atoms with Crippen LogP contribution >= 0.6 is 0 Å². The Labute approximate surface area is 174 Å². The summed E-state index contributed by atoms with van der Waals surface area (Å²) in [7, 11) is -0.837. The number of carbonyl (C=O) groups excluding carboxylic acids is 1. The molecular formula is C20H24BFN4O4. The summed E-state index contributed by atoms with van der Waals surface area (Å²) in [6.45, 7) is 9.61. The molecule has 1 saturated heterocycles. The van der Waals surface area contributed by atoms with E-state index in [0.29, 0.717) is 5.69 Å². The number of fused-ring (bicyclic) bond motifs is 1. The lowest BCUT2D eigenvalue weighted by molar-refractivity contribution is 0.00578. The van der Waals surface area contributed by atoms with Crippen LogP contribution in [0.1, 0.15) is 45.0 Å². The number of nitrogens with two attached hydrogens (primary N) is 1. The van der Waals surface area contributed by atoms with E-state index < -0.39 is 30.0 Å². The fraction of sp³-hybridized carbons (Fsp3) is 0.450. The van der Waals surface area contributed by atoms with Gasteiger partial charge in [-0.05, 0) is 46.8 Å². The highest BCUT2D eigenvalue weighted by Gasteiger charge is 2.52. The molecule has 0 radical (unpaired) electrons. The van der Waals surface area contributed by atoms with Crippen LogP contribution < -0.4 is 20.8 Å². The number of nitrogens with zero attached hydrogens (tertiary/aromatic N) is 3. The molecule has 10 heteroatoms. The molecule has 1 aromatic heterocycles. The first-order valence-corrected chi connectivity index (χ1v) is 9.74. The summed E-state index contributed by atoms with van der Waals surface area (Å²) in [4.78, 5) is 22.4. The van der Waals surface area contributed by atoms with E-state index in [2.05, 4.69) is 9.97 Å². The first-order chi connectivity index (χ1) is 14.0. The van der Waals surface area contributed by atoms with Crippen LogP contribution in [0.2, 0.25) is 0 Å². The van der Waals surface area contributed by atoms with Crippen LogP contribution in [-0.2, 0) is 9.31 Å². The molecule has 1 aromatic carbocycles. The van der Waals surface area contributed by atoms with Crippen LogP contribution in [0.25, 0.3) is 0 Å². The third-order valence-electron chi connectivity index (χ3n) is 5.86. The van der Waals surface area contributed by atoms with E-state index in [0.717, 1.165) is 0 Å². The Morgan fingerprint density at radius 1 is 1.20 bits per heavy atom. The van der Waals surface area contributed by atoms with Gasteiger partial charge in [-0.1, -0.05) is 6.07 Å². The van der Waals surface area contributed by atoms with E-state index in [1.54, 1.807) is 19.1 Å². The van der Waals surface area contributed by atoms with Gasteiger partial charge in [0.1, 0.15) is 29.6 Å². The van der Waals surface area contributed by atoms with Crippen molar-refractivity contribution in [3.63, 3.8) is 0 Å². The number of rotatable bonds is 2. The summed E-state index contributed by atoms with van der Waals surface area (Å²) in [6.07, 6.45) is 0.860. The van der Waals surface area contributed by atoms with Crippen LogP contribution in [0.4, 0.5) is 15.9 Å². The van der Waals surface area contributed by atoms with Crippen molar-refractivity contribution in [1.29, 1.82) is 0 Å². The average molecular weight is 414 g/mol. The Bertz CT molecular complexity index is 1000. The van der Waals surface area contributed by atoms with Crippen molar-refractivity contribution in [3.05, 3.63) is 35.9 Å². The molecular weight excluding hydrogens is 390 g/mol. The molecule has 2 aliphatic heterocycles. The van der Waals surface area contributed by atoms with E-state index in [4.69, 9.17) is 19.8 Å². The summed E-state index contributed by atoms with van der Waals surface area (Å²) in [5, 5.41) is 0. The summed E-state index contributed by atoms with van der Waals surface area (Å²) >= 11 is 0. The lowest BCUT2D eigenvalue weighted by atomic mass is 9.78. The van der Waals surface area contributed by atoms with E-state index in [1.807, 2.05) is 27.7 Å². The molecule has 1 fully saturated rings. The van der Waals surface area contributed by atoms with Crippen molar-refractivity contribution in [2.45, 2.75) is 51.9 Å². The smallest absolute Gasteiger partial charge is 0.472 e. The van der Waals surface area contributed by atoms with Crippen LogP contribution in [-0.4, -0.2) is 46.8 Å². The van der Waals surface area contributed by atoms with Crippen LogP contribution in [0.5, 0.6) is 5.88 Å². The first kappa shape index (κ1) is 20.6. The topological polar surface area (TPSA) is 99.8 Å². The van der Waals surface area contributed by atoms with Crippen molar-refractivity contribution >= 4 is 30.0 Å². The number of ether oxygens (including phenoxy) is 1. The van der Waals surface area contributed by atoms with Gasteiger partial charge in [0.2, 0.25) is 5.88 Å². The maximum atomic E-state index is 15.1. The average Bonchev–Trinajstić information content (AvgIpc) is 2.77. The van der Waals surface area contributed by atoms with E-state index in [1.165, 1.54) is 17.3 Å². The van der Waals surface area contributed by atoms with Crippen LogP contribution in [0.3, 0.4) is 0 Å². The fourth-order valence-corrected chi connectivity index (χ4v) is 3.44. The van der Waals surface area contributed by atoms with Crippen molar-refractivity contribution < 1.29 is 23.2 Å². The Hall–Kier alpha value is -2.72. The molecule has 0 aliphatic carbocycles. The second kappa shape index (κ2) is 6.92. The van der Waals surface area contributed by atoms with Crippen molar-refractivity contribution in [1.82, 2.24) is 9.97 Å². The number of hydrogen-bond acceptors (Lipinski definition) is 7. The van der Waals surface area contributed by atoms with Gasteiger partial charge in [0, 0.05) is 11.2 Å². The van der Waals surface area contributed by atoms with Gasteiger partial charge in [0.15, 0.2) is 0 Å². The maximum absolute atomic E-state index is 15.1. The van der Waals surface area contributed by atoms with Gasteiger partial charge < -0.3 is 24.7 Å². The van der Waals surface area contributed by atoms with Crippen LogP contribution in [0, 0.1) is 5.82 Å². The number of anilines is 2. The maximum Gasteiger partial charge on any atom is 0.497 e. The number of hydrogen-bond donors (Lipinski definition) is 1. The molecule has 0 unspecified atom stereocenters. The Morgan fingerprint density at radius 3 is 2.50 bits per heavy atom. The zero-order chi connectivity index (χ0) is 21.8. The molecule has 1 amide bonds. The molecule has 3 heterocycles. The largest absolute Gasteiger partial charge is 0.497 e. The number of halogens is 1. The van der Waals surface area contributed by atoms with Crippen LogP contribution in [0.15, 0.2) is 24.5 Å². The van der Waals surface area contributed by atoms with Gasteiger partial charge in [-0.2, -0.15) is 0 Å². The number of amides is 1. The van der Waals surface area contributed by atoms with Gasteiger partial charge in [0.25, 0.3) is 5.91 Å². The quantitative estimate of drug-likeness (QED) is 0.750. The minimum Gasteiger partial charge on any atom is -0.472 e. The number of benzene rings is 1. The third-order valence-corrected chi connectivity index (χ3v) is 5.86. The predicted molar refractivity (Wildman–Crippen MR) is 110 cm³/mol. The zero-order valence-electron chi connectivity index (χ0n) is 17.6. The summed E-state index contributed by atoms with van der Waals surface area (Å²) in [6, 6.07) is 4.51. The Morgan fingerprint density at radius 2 is 1.87 bits per heavy atom. The molecule has 2 N–H and O–H groups in total. The van der Waals surface area contributed by atoms with Gasteiger partial charge in [-0.15, -0.1) is 0 Å². The lowest BCUT2D eigenvalue weighted by Crippen LogP contribution is -2.41. The zero-order valence-corrected chi connectivity index (χ0v) is 17.6. The Balaban J connectivity index is 1.68. The summed E-state index contributed by atoms with van der Waals surface area (Å²) in [5.74, 6) is -0.848. The minimum absolute atomic E-state index is 0.0124. The van der Waals surface area contributed by atoms with E-state index >= 15 is 4.39 Å². The molecule has 2 aromatic rings. The summed E-state index contributed by atoms with van der Waals surface area (Å²) in [5.41, 5.74) is 5.42. The second-order valence-corrected chi connectivity index (χ2v) is 8.58. The molecule has 30 heavy (non-hydrogen) atoms. The SMILES string of the molecule is C[C@@H]1CN(c2ccc(B3OC(C)(C)C(C)(C)O3)c(F)c2)C(=O)c2c(N)ncnc2O1. The molecule has 0 bridgehead atoms. The Kier molecular flexibility index (Phi) is 4.74. The first-order valence-electron chi connectivity index (χ1n) is 9.74. The highest BCUT2D eigenvalue weighted by atomic mass is 19.1. The molecule has 2 aliphatic rings. The molecule has 0 spiro atoms. The van der Waals surface area contributed by atoms with E-state index in [9.17, 15) is 4.79 Å². The molecule has 8 nitrogen and oxygen atoms in total. The number of carbonyl (C=O) groups is 1. The summed E-state index contributed by atoms with van der Waals surface area (Å²) < 4.78 is 32.7. The van der Waals surface area contributed by atoms with Crippen molar-refractivity contribution in [2.75, 3.05) is 17.2 Å². The molecule has 4 rings (SSSR count). The molecule has 158 valence electrons. The number of nitrogen functional groups attached to an aromatic ring is 1. The van der Waals surface area contributed by atoms with Gasteiger partial charge in [-0.25, -0.2) is 14.4 Å². The normalized spacial score (nSPS) is 22.5. The minimum atomic E-state index is -0.837. The molecule has 1 atom stereocenters. The molecule has 0 saturated carbocycles. The van der Waals surface area contributed by atoms with E-state index in [-0.39, 0.29) is 35.4 Å². The monoisotopic (exact) mass is 414 g/mol. The van der Waals surface area contributed by atoms with Gasteiger partial charge in [-0.3, -0.25) is 4.79 Å². The predicted octanol–water partition coefficient (Wildman–Crippen LogP) is 1.92. The van der Waals surface area contributed by atoms with Gasteiger partial charge in [0.05, 0.1) is 17.7 Å². The fourth-order valence-electron chi connectivity index (χ4n) is 3.44. The van der Waals surface area contributed by atoms with Gasteiger partial charge >= 0.3 is 7.12 Å². The standard InChI is InChI=1S/C20H24BFN4O4/c1-11-9-26(18(27)15-16(23)24-10-25-17(15)28-11)12-6-7-13(14(22)8-12)21-29-19(2,3)20(4,5)30-21/h6-8,10-11H,9H2,1-5H3,(H2,23,24,25)/t11-/m1/s1. The third kappa shape index (κ3) is 3.29. The lowest BCUT2D eigenvalue weighted by Gasteiger charge is -2.32.